The molecule has 2 aromatic heterocycles. The predicted octanol–water partition coefficient (Wildman–Crippen LogP) is 2.44. The minimum atomic E-state index is -0.217. The average molecular weight is 388 g/mol. The smallest absolute Gasteiger partial charge is 0.270 e. The van der Waals surface area contributed by atoms with E-state index in [1.807, 2.05) is 31.2 Å². The van der Waals surface area contributed by atoms with Crippen LogP contribution in [-0.4, -0.2) is 47.0 Å². The molecule has 0 radical (unpaired) electrons. The van der Waals surface area contributed by atoms with Crippen LogP contribution in [0.2, 0.25) is 0 Å². The van der Waals surface area contributed by atoms with Crippen molar-refractivity contribution in [2.75, 3.05) is 36.0 Å². The summed E-state index contributed by atoms with van der Waals surface area (Å²) in [6, 6.07) is 17.8. The molecule has 1 aromatic carbocycles. The second kappa shape index (κ2) is 8.68. The van der Waals surface area contributed by atoms with Crippen LogP contribution in [-0.2, 0) is 6.54 Å². The third kappa shape index (κ3) is 4.68. The number of aryl methyl sites for hydroxylation is 1. The lowest BCUT2D eigenvalue weighted by atomic mass is 10.2. The van der Waals surface area contributed by atoms with Gasteiger partial charge < -0.3 is 15.1 Å². The molecule has 1 saturated heterocycles. The fraction of sp³-hybridized carbons (Fsp3) is 0.273. The molecule has 1 N–H and O–H groups in total. The second-order valence-corrected chi connectivity index (χ2v) is 6.97. The fourth-order valence-electron chi connectivity index (χ4n) is 3.43. The van der Waals surface area contributed by atoms with Gasteiger partial charge in [0, 0.05) is 44.1 Å². The molecule has 0 bridgehead atoms. The van der Waals surface area contributed by atoms with Gasteiger partial charge in [0.1, 0.15) is 17.3 Å². The normalized spacial score (nSPS) is 14.0. The van der Waals surface area contributed by atoms with E-state index in [4.69, 9.17) is 0 Å². The van der Waals surface area contributed by atoms with Gasteiger partial charge in [0.15, 0.2) is 0 Å². The van der Waals surface area contributed by atoms with Crippen LogP contribution in [0.4, 0.5) is 11.5 Å². The van der Waals surface area contributed by atoms with Crippen molar-refractivity contribution in [3.63, 3.8) is 0 Å². The molecular weight excluding hydrogens is 364 g/mol. The third-order valence-corrected chi connectivity index (χ3v) is 4.94. The number of nitrogens with zero attached hydrogens (tertiary/aromatic N) is 5. The van der Waals surface area contributed by atoms with Gasteiger partial charge in [-0.3, -0.25) is 9.78 Å². The summed E-state index contributed by atoms with van der Waals surface area (Å²) >= 11 is 0. The van der Waals surface area contributed by atoms with Crippen molar-refractivity contribution in [2.24, 2.45) is 0 Å². The van der Waals surface area contributed by atoms with E-state index in [-0.39, 0.29) is 5.91 Å². The largest absolute Gasteiger partial charge is 0.368 e. The van der Waals surface area contributed by atoms with Crippen LogP contribution < -0.4 is 15.1 Å². The van der Waals surface area contributed by atoms with Crippen LogP contribution in [0.25, 0.3) is 0 Å². The maximum atomic E-state index is 12.6. The van der Waals surface area contributed by atoms with Crippen LogP contribution in [0.3, 0.4) is 0 Å². The lowest BCUT2D eigenvalue weighted by Crippen LogP contribution is -2.47. The Morgan fingerprint density at radius 1 is 0.966 bits per heavy atom. The molecule has 0 spiro atoms. The zero-order valence-corrected chi connectivity index (χ0v) is 16.5. The summed E-state index contributed by atoms with van der Waals surface area (Å²) in [5, 5.41) is 2.88. The Bertz CT molecular complexity index is 956. The summed E-state index contributed by atoms with van der Waals surface area (Å²) in [5.41, 5.74) is 2.43. The zero-order valence-electron chi connectivity index (χ0n) is 16.5. The van der Waals surface area contributed by atoms with Gasteiger partial charge >= 0.3 is 0 Å². The first-order valence-electron chi connectivity index (χ1n) is 9.78. The maximum absolute atomic E-state index is 12.6. The SMILES string of the molecule is Cc1nc(C(=O)NCc2ccccn2)cc(N2CCN(c3ccccc3)CC2)n1. The number of carbonyl (C=O) groups is 1. The number of hydrogen-bond donors (Lipinski definition) is 1. The number of hydrogen-bond acceptors (Lipinski definition) is 6. The molecule has 148 valence electrons. The molecule has 4 rings (SSSR count). The number of piperazine rings is 1. The topological polar surface area (TPSA) is 74.2 Å². The van der Waals surface area contributed by atoms with Gasteiger partial charge in [-0.1, -0.05) is 24.3 Å². The molecule has 1 amide bonds. The standard InChI is InChI=1S/C22H24N6O/c1-17-25-20(22(29)24-16-18-7-5-6-10-23-18)15-21(26-17)28-13-11-27(12-14-28)19-8-3-2-4-9-19/h2-10,15H,11-14,16H2,1H3,(H,24,29). The van der Waals surface area contributed by atoms with Crippen LogP contribution in [0, 0.1) is 6.92 Å². The Kier molecular flexibility index (Phi) is 5.65. The number of nitrogens with one attached hydrogen (secondary N) is 1. The molecule has 0 saturated carbocycles. The molecule has 7 nitrogen and oxygen atoms in total. The van der Waals surface area contributed by atoms with Gasteiger partial charge in [-0.15, -0.1) is 0 Å². The van der Waals surface area contributed by atoms with Crippen LogP contribution >= 0.6 is 0 Å². The summed E-state index contributed by atoms with van der Waals surface area (Å²) in [5.74, 6) is 1.18. The first-order valence-corrected chi connectivity index (χ1v) is 9.78. The van der Waals surface area contributed by atoms with E-state index in [9.17, 15) is 4.79 Å². The highest BCUT2D eigenvalue weighted by Gasteiger charge is 2.20. The van der Waals surface area contributed by atoms with Gasteiger partial charge in [0.2, 0.25) is 0 Å². The highest BCUT2D eigenvalue weighted by Crippen LogP contribution is 2.19. The summed E-state index contributed by atoms with van der Waals surface area (Å²) < 4.78 is 0. The minimum absolute atomic E-state index is 0.217. The number of benzene rings is 1. The van der Waals surface area contributed by atoms with Crippen molar-refractivity contribution in [2.45, 2.75) is 13.5 Å². The van der Waals surface area contributed by atoms with E-state index in [2.05, 4.69) is 54.3 Å². The van der Waals surface area contributed by atoms with Gasteiger partial charge in [0.05, 0.1) is 12.2 Å². The van der Waals surface area contributed by atoms with Crippen molar-refractivity contribution >= 4 is 17.4 Å². The van der Waals surface area contributed by atoms with E-state index in [0.29, 0.717) is 18.1 Å². The Morgan fingerprint density at radius 2 is 1.69 bits per heavy atom. The van der Waals surface area contributed by atoms with Gasteiger partial charge in [0.25, 0.3) is 5.91 Å². The number of para-hydroxylation sites is 1. The summed E-state index contributed by atoms with van der Waals surface area (Å²) in [4.78, 5) is 30.3. The molecule has 7 heteroatoms. The zero-order chi connectivity index (χ0) is 20.1. The minimum Gasteiger partial charge on any atom is -0.368 e. The number of carbonyl (C=O) groups excluding carboxylic acids is 1. The molecule has 0 atom stereocenters. The van der Waals surface area contributed by atoms with Gasteiger partial charge in [-0.05, 0) is 31.2 Å². The Labute approximate surface area is 170 Å². The summed E-state index contributed by atoms with van der Waals surface area (Å²) in [6.07, 6.45) is 1.71. The van der Waals surface area contributed by atoms with E-state index >= 15 is 0 Å². The molecule has 3 aromatic rings. The first kappa shape index (κ1) is 18.9. The van der Waals surface area contributed by atoms with Gasteiger partial charge in [-0.25, -0.2) is 9.97 Å². The molecule has 0 aliphatic carbocycles. The third-order valence-electron chi connectivity index (χ3n) is 4.94. The van der Waals surface area contributed by atoms with Crippen LogP contribution in [0.5, 0.6) is 0 Å². The number of rotatable bonds is 5. The molecule has 0 unspecified atom stereocenters. The molecule has 29 heavy (non-hydrogen) atoms. The molecule has 1 fully saturated rings. The second-order valence-electron chi connectivity index (χ2n) is 6.97. The number of amides is 1. The van der Waals surface area contributed by atoms with Crippen molar-refractivity contribution < 1.29 is 4.79 Å². The van der Waals surface area contributed by atoms with Gasteiger partial charge in [-0.2, -0.15) is 0 Å². The quantitative estimate of drug-likeness (QED) is 0.724. The maximum Gasteiger partial charge on any atom is 0.270 e. The van der Waals surface area contributed by atoms with Crippen molar-refractivity contribution in [3.05, 3.63) is 78.0 Å². The summed E-state index contributed by atoms with van der Waals surface area (Å²) in [6.45, 7) is 5.70. The monoisotopic (exact) mass is 388 g/mol. The fourth-order valence-corrected chi connectivity index (χ4v) is 3.43. The number of anilines is 2. The summed E-state index contributed by atoms with van der Waals surface area (Å²) in [7, 11) is 0. The van der Waals surface area contributed by atoms with Crippen molar-refractivity contribution in [3.8, 4) is 0 Å². The Hall–Kier alpha value is -3.48. The molecule has 1 aliphatic rings. The van der Waals surface area contributed by atoms with E-state index in [1.165, 1.54) is 5.69 Å². The molecule has 1 aliphatic heterocycles. The van der Waals surface area contributed by atoms with E-state index in [0.717, 1.165) is 37.7 Å². The Balaban J connectivity index is 1.41. The average Bonchev–Trinajstić information content (AvgIpc) is 2.78. The first-order chi connectivity index (χ1) is 14.2. The lowest BCUT2D eigenvalue weighted by Gasteiger charge is -2.36. The Morgan fingerprint density at radius 3 is 2.41 bits per heavy atom. The molecular formula is C22H24N6O. The van der Waals surface area contributed by atoms with Crippen LogP contribution in [0.15, 0.2) is 60.8 Å². The van der Waals surface area contributed by atoms with Crippen molar-refractivity contribution in [1.82, 2.24) is 20.3 Å². The highest BCUT2D eigenvalue weighted by molar-refractivity contribution is 5.92. The molecule has 3 heterocycles. The van der Waals surface area contributed by atoms with Crippen LogP contribution in [0.1, 0.15) is 22.0 Å². The lowest BCUT2D eigenvalue weighted by molar-refractivity contribution is 0.0945. The highest BCUT2D eigenvalue weighted by atomic mass is 16.1. The number of pyridine rings is 1. The predicted molar refractivity (Wildman–Crippen MR) is 113 cm³/mol. The van der Waals surface area contributed by atoms with Crippen molar-refractivity contribution in [1.29, 1.82) is 0 Å². The number of aromatic nitrogens is 3. The van der Waals surface area contributed by atoms with E-state index in [1.54, 1.807) is 12.3 Å². The van der Waals surface area contributed by atoms with E-state index < -0.39 is 0 Å².